The molecule has 0 unspecified atom stereocenters. The summed E-state index contributed by atoms with van der Waals surface area (Å²) in [7, 11) is 0. The quantitative estimate of drug-likeness (QED) is 0.871. The molecule has 19 heavy (non-hydrogen) atoms. The Morgan fingerprint density at radius 2 is 1.84 bits per heavy atom. The number of phenols is 1. The molecule has 1 aromatic carbocycles. The van der Waals surface area contributed by atoms with Crippen LogP contribution in [0.3, 0.4) is 0 Å². The van der Waals surface area contributed by atoms with Crippen LogP contribution in [0.1, 0.15) is 63.0 Å². The van der Waals surface area contributed by atoms with E-state index in [2.05, 4.69) is 0 Å². The van der Waals surface area contributed by atoms with Crippen molar-refractivity contribution in [1.29, 1.82) is 0 Å². The van der Waals surface area contributed by atoms with Gasteiger partial charge in [-0.2, -0.15) is 0 Å². The molecular formula is C16H22O3. The van der Waals surface area contributed by atoms with Crippen LogP contribution in [-0.2, 0) is 10.2 Å². The molecule has 1 aliphatic rings. The molecule has 1 saturated carbocycles. The van der Waals surface area contributed by atoms with Crippen LogP contribution in [0, 0.1) is 0 Å². The van der Waals surface area contributed by atoms with Crippen molar-refractivity contribution in [3.8, 4) is 5.75 Å². The van der Waals surface area contributed by atoms with Crippen molar-refractivity contribution in [3.05, 3.63) is 29.3 Å². The van der Waals surface area contributed by atoms with E-state index in [1.54, 1.807) is 6.07 Å². The number of hydrogen-bond donors (Lipinski definition) is 2. The van der Waals surface area contributed by atoms with Gasteiger partial charge in [-0.1, -0.05) is 51.3 Å². The first kappa shape index (κ1) is 13.9. The van der Waals surface area contributed by atoms with Crippen molar-refractivity contribution in [3.63, 3.8) is 0 Å². The lowest BCUT2D eigenvalue weighted by Crippen LogP contribution is -2.38. The Balaban J connectivity index is 2.54. The van der Waals surface area contributed by atoms with Gasteiger partial charge in [0, 0.05) is 5.56 Å². The van der Waals surface area contributed by atoms with Crippen molar-refractivity contribution in [1.82, 2.24) is 0 Å². The molecule has 3 nitrogen and oxygen atoms in total. The number of hydrogen-bond acceptors (Lipinski definition) is 2. The summed E-state index contributed by atoms with van der Waals surface area (Å²) in [6, 6.07) is 5.52. The minimum Gasteiger partial charge on any atom is -0.507 e. The van der Waals surface area contributed by atoms with Crippen LogP contribution < -0.4 is 0 Å². The van der Waals surface area contributed by atoms with Crippen molar-refractivity contribution in [2.24, 2.45) is 0 Å². The molecule has 104 valence electrons. The summed E-state index contributed by atoms with van der Waals surface area (Å²) in [4.78, 5) is 11.8. The SMILES string of the molecule is CC(C)c1cccc(C2(C(=O)O)CCCCC2)c1O. The monoisotopic (exact) mass is 262 g/mol. The first-order valence-electron chi connectivity index (χ1n) is 7.05. The number of carboxylic acid groups (broad SMARTS) is 1. The van der Waals surface area contributed by atoms with E-state index in [0.29, 0.717) is 18.4 Å². The number of phenolic OH excluding ortho intramolecular Hbond substituents is 1. The van der Waals surface area contributed by atoms with Gasteiger partial charge in [0.15, 0.2) is 0 Å². The fourth-order valence-electron chi connectivity index (χ4n) is 3.17. The second-order valence-electron chi connectivity index (χ2n) is 5.85. The molecule has 3 heteroatoms. The Hall–Kier alpha value is -1.51. The highest BCUT2D eigenvalue weighted by atomic mass is 16.4. The zero-order valence-electron chi connectivity index (χ0n) is 11.6. The molecule has 0 heterocycles. The number of carbonyl (C=O) groups is 1. The van der Waals surface area contributed by atoms with Gasteiger partial charge in [0.2, 0.25) is 0 Å². The average Bonchev–Trinajstić information content (AvgIpc) is 2.39. The number of benzene rings is 1. The maximum Gasteiger partial charge on any atom is 0.314 e. The predicted molar refractivity (Wildman–Crippen MR) is 74.6 cm³/mol. The van der Waals surface area contributed by atoms with Crippen LogP contribution in [0.5, 0.6) is 5.75 Å². The summed E-state index contributed by atoms with van der Waals surface area (Å²) in [5, 5.41) is 20.1. The highest BCUT2D eigenvalue weighted by Crippen LogP contribution is 2.45. The lowest BCUT2D eigenvalue weighted by molar-refractivity contribution is -0.145. The minimum atomic E-state index is -0.896. The van der Waals surface area contributed by atoms with Gasteiger partial charge in [-0.25, -0.2) is 0 Å². The lowest BCUT2D eigenvalue weighted by atomic mass is 9.68. The smallest absolute Gasteiger partial charge is 0.314 e. The van der Waals surface area contributed by atoms with E-state index in [9.17, 15) is 15.0 Å². The number of carboxylic acids is 1. The Morgan fingerprint density at radius 3 is 2.37 bits per heavy atom. The first-order valence-corrected chi connectivity index (χ1v) is 7.05. The normalized spacial score (nSPS) is 18.5. The summed E-state index contributed by atoms with van der Waals surface area (Å²) in [5.74, 6) is -0.431. The second-order valence-corrected chi connectivity index (χ2v) is 5.85. The Kier molecular flexibility index (Phi) is 3.83. The molecule has 0 aliphatic heterocycles. The zero-order chi connectivity index (χ0) is 14.0. The summed E-state index contributed by atoms with van der Waals surface area (Å²) in [5.41, 5.74) is 0.544. The van der Waals surface area contributed by atoms with Gasteiger partial charge < -0.3 is 10.2 Å². The maximum absolute atomic E-state index is 11.8. The topological polar surface area (TPSA) is 57.5 Å². The van der Waals surface area contributed by atoms with Gasteiger partial charge in [-0.15, -0.1) is 0 Å². The first-order chi connectivity index (χ1) is 8.99. The Morgan fingerprint density at radius 1 is 1.21 bits per heavy atom. The molecule has 1 aromatic rings. The van der Waals surface area contributed by atoms with E-state index in [1.807, 2.05) is 26.0 Å². The Labute approximate surface area is 114 Å². The lowest BCUT2D eigenvalue weighted by Gasteiger charge is -2.34. The molecule has 1 fully saturated rings. The van der Waals surface area contributed by atoms with E-state index in [1.165, 1.54) is 0 Å². The highest BCUT2D eigenvalue weighted by Gasteiger charge is 2.43. The molecule has 0 amide bonds. The molecule has 0 aromatic heterocycles. The van der Waals surface area contributed by atoms with Crippen LogP contribution in [0.15, 0.2) is 18.2 Å². The minimum absolute atomic E-state index is 0.182. The van der Waals surface area contributed by atoms with Crippen LogP contribution in [0.4, 0.5) is 0 Å². The highest BCUT2D eigenvalue weighted by molar-refractivity contribution is 5.83. The van der Waals surface area contributed by atoms with Crippen LogP contribution in [0.25, 0.3) is 0 Å². The van der Waals surface area contributed by atoms with Gasteiger partial charge in [0.1, 0.15) is 5.75 Å². The molecule has 2 rings (SSSR count). The number of aromatic hydroxyl groups is 1. The maximum atomic E-state index is 11.8. The zero-order valence-corrected chi connectivity index (χ0v) is 11.6. The molecule has 1 aliphatic carbocycles. The van der Waals surface area contributed by atoms with E-state index < -0.39 is 11.4 Å². The van der Waals surface area contributed by atoms with Crippen LogP contribution >= 0.6 is 0 Å². The van der Waals surface area contributed by atoms with Crippen LogP contribution in [-0.4, -0.2) is 16.2 Å². The van der Waals surface area contributed by atoms with Gasteiger partial charge in [-0.3, -0.25) is 4.79 Å². The molecule has 0 atom stereocenters. The van der Waals surface area contributed by atoms with Crippen molar-refractivity contribution in [2.75, 3.05) is 0 Å². The third-order valence-corrected chi connectivity index (χ3v) is 4.32. The van der Waals surface area contributed by atoms with Gasteiger partial charge >= 0.3 is 5.97 Å². The largest absolute Gasteiger partial charge is 0.507 e. The fraction of sp³-hybridized carbons (Fsp3) is 0.562. The number of aliphatic carboxylic acids is 1. The molecular weight excluding hydrogens is 240 g/mol. The standard InChI is InChI=1S/C16H22O3/c1-11(2)12-7-6-8-13(14(12)17)16(15(18)19)9-4-3-5-10-16/h6-8,11,17H,3-5,9-10H2,1-2H3,(H,18,19). The van der Waals surface area contributed by atoms with E-state index in [4.69, 9.17) is 0 Å². The summed E-state index contributed by atoms with van der Waals surface area (Å²) in [6.07, 6.45) is 4.16. The number of para-hydroxylation sites is 1. The third-order valence-electron chi connectivity index (χ3n) is 4.32. The van der Waals surface area contributed by atoms with Crippen molar-refractivity contribution >= 4 is 5.97 Å². The van der Waals surface area contributed by atoms with Crippen molar-refractivity contribution < 1.29 is 15.0 Å². The average molecular weight is 262 g/mol. The van der Waals surface area contributed by atoms with Crippen molar-refractivity contribution in [2.45, 2.75) is 57.3 Å². The van der Waals surface area contributed by atoms with Gasteiger partial charge in [0.25, 0.3) is 0 Å². The van der Waals surface area contributed by atoms with Crippen LogP contribution in [0.2, 0.25) is 0 Å². The fourth-order valence-corrected chi connectivity index (χ4v) is 3.17. The summed E-state index contributed by atoms with van der Waals surface area (Å²) >= 11 is 0. The second kappa shape index (κ2) is 5.24. The molecule has 0 radical (unpaired) electrons. The third kappa shape index (κ3) is 2.34. The molecule has 2 N–H and O–H groups in total. The number of rotatable bonds is 3. The van der Waals surface area contributed by atoms with Gasteiger partial charge in [0.05, 0.1) is 5.41 Å². The van der Waals surface area contributed by atoms with E-state index >= 15 is 0 Å². The van der Waals surface area contributed by atoms with E-state index in [-0.39, 0.29) is 11.7 Å². The van der Waals surface area contributed by atoms with E-state index in [0.717, 1.165) is 24.8 Å². The molecule has 0 saturated heterocycles. The predicted octanol–water partition coefficient (Wildman–Crippen LogP) is 3.80. The Bertz CT molecular complexity index is 471. The summed E-state index contributed by atoms with van der Waals surface area (Å²) < 4.78 is 0. The van der Waals surface area contributed by atoms with Gasteiger partial charge in [-0.05, 0) is 24.3 Å². The molecule has 0 bridgehead atoms. The molecule has 0 spiro atoms. The summed E-state index contributed by atoms with van der Waals surface area (Å²) in [6.45, 7) is 4.01.